The third-order valence-corrected chi connectivity index (χ3v) is 5.51. The van der Waals surface area contributed by atoms with Gasteiger partial charge in [0.2, 0.25) is 0 Å². The van der Waals surface area contributed by atoms with Crippen LogP contribution >= 0.6 is 24.0 Å². The Bertz CT molecular complexity index is 788. The van der Waals surface area contributed by atoms with Gasteiger partial charge in [-0.2, -0.15) is 0 Å². The first-order chi connectivity index (χ1) is 14.2. The van der Waals surface area contributed by atoms with Crippen LogP contribution in [0.4, 0.5) is 0 Å². The maximum Gasteiger partial charge on any atom is 0.191 e. The second-order valence-electron chi connectivity index (χ2n) is 7.78. The minimum absolute atomic E-state index is 0. The molecule has 0 bridgehead atoms. The molecule has 2 aromatic rings. The second-order valence-corrected chi connectivity index (χ2v) is 7.78. The third-order valence-electron chi connectivity index (χ3n) is 5.51. The Morgan fingerprint density at radius 2 is 1.70 bits per heavy atom. The Morgan fingerprint density at radius 3 is 2.37 bits per heavy atom. The van der Waals surface area contributed by atoms with Gasteiger partial charge in [0.05, 0.1) is 13.2 Å². The molecular formula is C24H35IN4O. The number of hydrogen-bond acceptors (Lipinski definition) is 3. The maximum atomic E-state index is 5.47. The Morgan fingerprint density at radius 1 is 1.03 bits per heavy atom. The van der Waals surface area contributed by atoms with Crippen LogP contribution in [0.15, 0.2) is 53.5 Å². The van der Waals surface area contributed by atoms with E-state index in [1.165, 1.54) is 22.3 Å². The van der Waals surface area contributed by atoms with Gasteiger partial charge < -0.3 is 15.4 Å². The van der Waals surface area contributed by atoms with Crippen molar-refractivity contribution in [1.82, 2.24) is 15.5 Å². The molecular weight excluding hydrogens is 487 g/mol. The van der Waals surface area contributed by atoms with Crippen LogP contribution < -0.4 is 10.6 Å². The van der Waals surface area contributed by atoms with Crippen LogP contribution in [0.1, 0.15) is 35.1 Å². The van der Waals surface area contributed by atoms with Crippen LogP contribution in [0.3, 0.4) is 0 Å². The summed E-state index contributed by atoms with van der Waals surface area (Å²) < 4.78 is 5.47. The summed E-state index contributed by atoms with van der Waals surface area (Å²) >= 11 is 0. The third kappa shape index (κ3) is 7.56. The van der Waals surface area contributed by atoms with Crippen LogP contribution in [-0.4, -0.2) is 50.8 Å². The average Bonchev–Trinajstić information content (AvgIpc) is 2.76. The number of benzene rings is 2. The molecule has 0 aliphatic carbocycles. The van der Waals surface area contributed by atoms with Crippen molar-refractivity contribution >= 4 is 29.9 Å². The maximum absolute atomic E-state index is 5.47. The first-order valence-electron chi connectivity index (χ1n) is 10.5. The predicted molar refractivity (Wildman–Crippen MR) is 136 cm³/mol. The lowest BCUT2D eigenvalue weighted by atomic mass is 10.0. The molecule has 164 valence electrons. The summed E-state index contributed by atoms with van der Waals surface area (Å²) in [7, 11) is 1.82. The molecule has 1 aliphatic heterocycles. The van der Waals surface area contributed by atoms with Crippen LogP contribution in [-0.2, 0) is 17.8 Å². The van der Waals surface area contributed by atoms with Crippen molar-refractivity contribution in [3.05, 3.63) is 70.8 Å². The molecule has 1 saturated heterocycles. The van der Waals surface area contributed by atoms with Gasteiger partial charge in [-0.3, -0.25) is 9.89 Å². The van der Waals surface area contributed by atoms with Gasteiger partial charge in [-0.05, 0) is 29.5 Å². The van der Waals surface area contributed by atoms with Gasteiger partial charge in [-0.1, -0.05) is 61.0 Å². The minimum Gasteiger partial charge on any atom is -0.379 e. The molecule has 0 spiro atoms. The van der Waals surface area contributed by atoms with Crippen LogP contribution in [0, 0.1) is 6.92 Å². The van der Waals surface area contributed by atoms with Gasteiger partial charge in [-0.15, -0.1) is 24.0 Å². The topological polar surface area (TPSA) is 48.9 Å². The molecule has 1 atom stereocenters. The van der Waals surface area contributed by atoms with E-state index in [2.05, 4.69) is 82.9 Å². The zero-order chi connectivity index (χ0) is 20.5. The van der Waals surface area contributed by atoms with Gasteiger partial charge in [0.15, 0.2) is 5.96 Å². The van der Waals surface area contributed by atoms with Crippen molar-refractivity contribution in [3.63, 3.8) is 0 Å². The molecule has 0 amide bonds. The molecule has 0 saturated carbocycles. The van der Waals surface area contributed by atoms with Gasteiger partial charge in [0.1, 0.15) is 0 Å². The molecule has 5 nitrogen and oxygen atoms in total. The second kappa shape index (κ2) is 12.9. The van der Waals surface area contributed by atoms with E-state index in [0.717, 1.165) is 51.9 Å². The lowest BCUT2D eigenvalue weighted by Gasteiger charge is -2.27. The highest BCUT2D eigenvalue weighted by molar-refractivity contribution is 14.0. The van der Waals surface area contributed by atoms with Crippen LogP contribution in [0.2, 0.25) is 0 Å². The Hall–Kier alpha value is -1.64. The Labute approximate surface area is 198 Å². The summed E-state index contributed by atoms with van der Waals surface area (Å²) in [6.45, 7) is 10.6. The van der Waals surface area contributed by atoms with E-state index in [4.69, 9.17) is 4.74 Å². The van der Waals surface area contributed by atoms with Crippen molar-refractivity contribution < 1.29 is 4.74 Å². The molecule has 1 heterocycles. The molecule has 1 fully saturated rings. The van der Waals surface area contributed by atoms with Crippen molar-refractivity contribution in [3.8, 4) is 0 Å². The largest absolute Gasteiger partial charge is 0.379 e. The van der Waals surface area contributed by atoms with Gasteiger partial charge in [-0.25, -0.2) is 0 Å². The number of nitrogens with zero attached hydrogens (tertiary/aromatic N) is 2. The number of aliphatic imine (C=N–C) groups is 1. The number of aryl methyl sites for hydroxylation is 1. The molecule has 3 rings (SSSR count). The molecule has 0 radical (unpaired) electrons. The number of nitrogens with one attached hydrogen (secondary N) is 2. The number of guanidine groups is 1. The fourth-order valence-corrected chi connectivity index (χ4v) is 3.55. The summed E-state index contributed by atoms with van der Waals surface area (Å²) in [5.74, 6) is 1.26. The highest BCUT2D eigenvalue weighted by Gasteiger charge is 2.13. The monoisotopic (exact) mass is 522 g/mol. The molecule has 2 aromatic carbocycles. The fraction of sp³-hybridized carbons (Fsp3) is 0.458. The van der Waals surface area contributed by atoms with Crippen LogP contribution in [0.5, 0.6) is 0 Å². The highest BCUT2D eigenvalue weighted by Crippen LogP contribution is 2.15. The predicted octanol–water partition coefficient (Wildman–Crippen LogP) is 3.91. The smallest absolute Gasteiger partial charge is 0.191 e. The number of halogens is 1. The quantitative estimate of drug-likeness (QED) is 0.329. The van der Waals surface area contributed by atoms with E-state index in [0.29, 0.717) is 5.92 Å². The lowest BCUT2D eigenvalue weighted by molar-refractivity contribution is 0.0341. The highest BCUT2D eigenvalue weighted by atomic mass is 127. The fourth-order valence-electron chi connectivity index (χ4n) is 3.55. The summed E-state index contributed by atoms with van der Waals surface area (Å²) in [4.78, 5) is 6.85. The summed E-state index contributed by atoms with van der Waals surface area (Å²) in [6, 6.07) is 17.4. The summed E-state index contributed by atoms with van der Waals surface area (Å²) in [5, 5.41) is 6.94. The normalized spacial score (nSPS) is 15.9. The first kappa shape index (κ1) is 24.6. The molecule has 2 N–H and O–H groups in total. The van der Waals surface area contributed by atoms with E-state index in [-0.39, 0.29) is 24.0 Å². The van der Waals surface area contributed by atoms with Crippen molar-refractivity contribution in [1.29, 1.82) is 0 Å². The molecule has 30 heavy (non-hydrogen) atoms. The summed E-state index contributed by atoms with van der Waals surface area (Å²) in [6.07, 6.45) is 0. The zero-order valence-corrected chi connectivity index (χ0v) is 20.7. The van der Waals surface area contributed by atoms with E-state index < -0.39 is 0 Å². The number of morpholine rings is 1. The molecule has 6 heteroatoms. The Balaban J connectivity index is 0.00000320. The summed E-state index contributed by atoms with van der Waals surface area (Å²) in [5.41, 5.74) is 5.32. The van der Waals surface area contributed by atoms with Crippen molar-refractivity contribution in [2.75, 3.05) is 39.9 Å². The molecule has 1 unspecified atom stereocenters. The number of ether oxygens (including phenoxy) is 1. The van der Waals surface area contributed by atoms with Gasteiger partial charge >= 0.3 is 0 Å². The van der Waals surface area contributed by atoms with Crippen molar-refractivity contribution in [2.24, 2.45) is 4.99 Å². The lowest BCUT2D eigenvalue weighted by Crippen LogP contribution is -2.39. The SMILES string of the molecule is CN=C(NCc1ccccc1CN1CCOCC1)NCC(C)c1ccc(C)cc1.I. The zero-order valence-electron chi connectivity index (χ0n) is 18.4. The van der Waals surface area contributed by atoms with Gasteiger partial charge in [0.25, 0.3) is 0 Å². The Kier molecular flexibility index (Phi) is 10.6. The van der Waals surface area contributed by atoms with Crippen molar-refractivity contribution in [2.45, 2.75) is 32.9 Å². The number of hydrogen-bond donors (Lipinski definition) is 2. The van der Waals surface area contributed by atoms with E-state index in [1.54, 1.807) is 0 Å². The van der Waals surface area contributed by atoms with E-state index in [9.17, 15) is 0 Å². The standard InChI is InChI=1S/C24H34N4O.HI/c1-19-8-10-21(11-9-19)20(2)16-26-24(25-3)27-17-22-6-4-5-7-23(22)18-28-12-14-29-15-13-28;/h4-11,20H,12-18H2,1-3H3,(H2,25,26,27);1H. The molecule has 1 aliphatic rings. The first-order valence-corrected chi connectivity index (χ1v) is 10.5. The van der Waals surface area contributed by atoms with E-state index >= 15 is 0 Å². The minimum atomic E-state index is 0. The van der Waals surface area contributed by atoms with Gasteiger partial charge in [0, 0.05) is 39.8 Å². The van der Waals surface area contributed by atoms with Crippen LogP contribution in [0.25, 0.3) is 0 Å². The average molecular weight is 522 g/mol. The molecule has 0 aromatic heterocycles. The van der Waals surface area contributed by atoms with E-state index in [1.807, 2.05) is 7.05 Å². The number of rotatable bonds is 7.